The second-order valence-corrected chi connectivity index (χ2v) is 3.05. The molecule has 2 heteroatoms. The molecule has 1 heterocycles. The Labute approximate surface area is 69.3 Å². The molecule has 0 bridgehead atoms. The first-order valence-corrected chi connectivity index (χ1v) is 4.42. The minimum atomic E-state index is 0.613. The Bertz CT molecular complexity index is 126. The number of allylic oxidation sites excluding steroid dienone is 1. The lowest BCUT2D eigenvalue weighted by Gasteiger charge is -2.31. The third kappa shape index (κ3) is 2.64. The average molecular weight is 154 g/mol. The second kappa shape index (κ2) is 4.52. The molecule has 1 fully saturated rings. The van der Waals surface area contributed by atoms with Crippen molar-refractivity contribution in [2.75, 3.05) is 26.2 Å². The predicted molar refractivity (Wildman–Crippen MR) is 48.7 cm³/mol. The van der Waals surface area contributed by atoms with E-state index in [9.17, 15) is 0 Å². The fraction of sp³-hybridized carbons (Fsp3) is 0.778. The molecule has 0 aliphatic carbocycles. The van der Waals surface area contributed by atoms with E-state index in [1.165, 1.54) is 13.1 Å². The Kier molecular flexibility index (Phi) is 3.60. The van der Waals surface area contributed by atoms with Crippen LogP contribution in [0.4, 0.5) is 0 Å². The lowest BCUT2D eigenvalue weighted by molar-refractivity contribution is 0.212. The van der Waals surface area contributed by atoms with Gasteiger partial charge < -0.3 is 5.32 Å². The van der Waals surface area contributed by atoms with Crippen LogP contribution in [0.5, 0.6) is 0 Å². The predicted octanol–water partition coefficient (Wildman–Crippen LogP) is 0.856. The number of piperazine rings is 1. The van der Waals surface area contributed by atoms with Crippen LogP contribution in [0.1, 0.15) is 13.8 Å². The molecule has 0 saturated carbocycles. The van der Waals surface area contributed by atoms with E-state index >= 15 is 0 Å². The van der Waals surface area contributed by atoms with Crippen LogP contribution in [0.25, 0.3) is 0 Å². The molecule has 64 valence electrons. The van der Waals surface area contributed by atoms with E-state index in [-0.39, 0.29) is 0 Å². The minimum absolute atomic E-state index is 0.613. The monoisotopic (exact) mass is 154 g/mol. The van der Waals surface area contributed by atoms with Gasteiger partial charge in [-0.2, -0.15) is 0 Å². The Morgan fingerprint density at radius 1 is 1.36 bits per heavy atom. The fourth-order valence-corrected chi connectivity index (χ4v) is 1.49. The molecule has 2 nitrogen and oxygen atoms in total. The van der Waals surface area contributed by atoms with E-state index in [2.05, 4.69) is 36.2 Å². The van der Waals surface area contributed by atoms with E-state index < -0.39 is 0 Å². The first-order valence-electron chi connectivity index (χ1n) is 4.42. The van der Waals surface area contributed by atoms with Crippen LogP contribution in [-0.4, -0.2) is 37.1 Å². The van der Waals surface area contributed by atoms with E-state index in [0.717, 1.165) is 13.1 Å². The van der Waals surface area contributed by atoms with Crippen molar-refractivity contribution in [2.24, 2.45) is 0 Å². The highest BCUT2D eigenvalue weighted by atomic mass is 15.2. The van der Waals surface area contributed by atoms with Gasteiger partial charge in [-0.05, 0) is 13.8 Å². The van der Waals surface area contributed by atoms with Crippen LogP contribution in [0.2, 0.25) is 0 Å². The zero-order chi connectivity index (χ0) is 8.10. The highest BCUT2D eigenvalue weighted by Crippen LogP contribution is 2.01. The topological polar surface area (TPSA) is 15.3 Å². The summed E-state index contributed by atoms with van der Waals surface area (Å²) in [6.45, 7) is 8.99. The summed E-state index contributed by atoms with van der Waals surface area (Å²) in [5.74, 6) is 0. The normalized spacial score (nSPS) is 24.2. The van der Waals surface area contributed by atoms with Gasteiger partial charge in [0.25, 0.3) is 0 Å². The highest BCUT2D eigenvalue weighted by Gasteiger charge is 2.12. The number of hydrogen-bond acceptors (Lipinski definition) is 2. The van der Waals surface area contributed by atoms with Crippen molar-refractivity contribution in [1.29, 1.82) is 0 Å². The summed E-state index contributed by atoms with van der Waals surface area (Å²) in [5.41, 5.74) is 0. The molecule has 0 aromatic carbocycles. The van der Waals surface area contributed by atoms with E-state index in [1.807, 2.05) is 0 Å². The van der Waals surface area contributed by atoms with Gasteiger partial charge >= 0.3 is 0 Å². The van der Waals surface area contributed by atoms with Gasteiger partial charge in [-0.15, -0.1) is 0 Å². The highest BCUT2D eigenvalue weighted by molar-refractivity contribution is 4.90. The van der Waals surface area contributed by atoms with Crippen LogP contribution >= 0.6 is 0 Å². The molecule has 1 N–H and O–H groups in total. The van der Waals surface area contributed by atoms with E-state index in [0.29, 0.717) is 6.04 Å². The molecule has 0 radical (unpaired) electrons. The maximum absolute atomic E-state index is 3.35. The molecule has 1 rings (SSSR count). The summed E-state index contributed by atoms with van der Waals surface area (Å²) < 4.78 is 0. The van der Waals surface area contributed by atoms with Crippen molar-refractivity contribution in [3.63, 3.8) is 0 Å². The molecule has 1 aliphatic heterocycles. The molecular weight excluding hydrogens is 136 g/mol. The van der Waals surface area contributed by atoms with Gasteiger partial charge in [0.2, 0.25) is 0 Å². The molecule has 0 aromatic heterocycles. The lowest BCUT2D eigenvalue weighted by Crippen LogP contribution is -2.46. The van der Waals surface area contributed by atoms with Crippen molar-refractivity contribution in [2.45, 2.75) is 19.9 Å². The maximum atomic E-state index is 3.35. The van der Waals surface area contributed by atoms with Gasteiger partial charge in [0.15, 0.2) is 0 Å². The molecule has 1 aliphatic rings. The second-order valence-electron chi connectivity index (χ2n) is 3.05. The Morgan fingerprint density at radius 3 is 2.55 bits per heavy atom. The van der Waals surface area contributed by atoms with Gasteiger partial charge in [-0.25, -0.2) is 0 Å². The summed E-state index contributed by atoms with van der Waals surface area (Å²) >= 11 is 0. The summed E-state index contributed by atoms with van der Waals surface area (Å²) in [6, 6.07) is 0.613. The average Bonchev–Trinajstić information content (AvgIpc) is 2.07. The summed E-state index contributed by atoms with van der Waals surface area (Å²) in [4.78, 5) is 2.50. The van der Waals surface area contributed by atoms with Crippen molar-refractivity contribution in [1.82, 2.24) is 10.2 Å². The standard InChI is InChI=1S/C9H18N2/c1-3-4-9(2)11-7-5-10-6-8-11/h3-4,9-10H,5-8H2,1-2H3. The summed E-state index contributed by atoms with van der Waals surface area (Å²) in [5, 5.41) is 3.35. The third-order valence-corrected chi connectivity index (χ3v) is 2.20. The maximum Gasteiger partial charge on any atom is 0.0250 e. The van der Waals surface area contributed by atoms with E-state index in [4.69, 9.17) is 0 Å². The molecule has 0 spiro atoms. The first-order chi connectivity index (χ1) is 5.34. The lowest BCUT2D eigenvalue weighted by atomic mass is 10.2. The largest absolute Gasteiger partial charge is 0.314 e. The molecule has 0 aromatic rings. The zero-order valence-electron chi connectivity index (χ0n) is 7.51. The number of hydrogen-bond donors (Lipinski definition) is 1. The van der Waals surface area contributed by atoms with Gasteiger partial charge in [0, 0.05) is 32.2 Å². The molecular formula is C9H18N2. The fourth-order valence-electron chi connectivity index (χ4n) is 1.49. The Hall–Kier alpha value is -0.340. The quantitative estimate of drug-likeness (QED) is 0.593. The SMILES string of the molecule is CC=CC(C)N1CCNCC1. The number of nitrogens with zero attached hydrogens (tertiary/aromatic N) is 1. The van der Waals surface area contributed by atoms with Crippen molar-refractivity contribution in [3.8, 4) is 0 Å². The molecule has 1 saturated heterocycles. The number of rotatable bonds is 2. The van der Waals surface area contributed by atoms with Crippen LogP contribution < -0.4 is 5.32 Å². The third-order valence-electron chi connectivity index (χ3n) is 2.20. The zero-order valence-corrected chi connectivity index (χ0v) is 7.51. The molecule has 0 amide bonds. The summed E-state index contributed by atoms with van der Waals surface area (Å²) in [7, 11) is 0. The van der Waals surface area contributed by atoms with Gasteiger partial charge in [-0.1, -0.05) is 12.2 Å². The van der Waals surface area contributed by atoms with Gasteiger partial charge in [-0.3, -0.25) is 4.90 Å². The van der Waals surface area contributed by atoms with Crippen molar-refractivity contribution < 1.29 is 0 Å². The van der Waals surface area contributed by atoms with E-state index in [1.54, 1.807) is 0 Å². The summed E-state index contributed by atoms with van der Waals surface area (Å²) in [6.07, 6.45) is 4.39. The molecule has 11 heavy (non-hydrogen) atoms. The van der Waals surface area contributed by atoms with Crippen LogP contribution in [0.15, 0.2) is 12.2 Å². The number of nitrogens with one attached hydrogen (secondary N) is 1. The van der Waals surface area contributed by atoms with Crippen LogP contribution in [0.3, 0.4) is 0 Å². The van der Waals surface area contributed by atoms with Crippen LogP contribution in [-0.2, 0) is 0 Å². The van der Waals surface area contributed by atoms with Gasteiger partial charge in [0.05, 0.1) is 0 Å². The van der Waals surface area contributed by atoms with Gasteiger partial charge in [0.1, 0.15) is 0 Å². The minimum Gasteiger partial charge on any atom is -0.314 e. The van der Waals surface area contributed by atoms with Crippen molar-refractivity contribution in [3.05, 3.63) is 12.2 Å². The Morgan fingerprint density at radius 2 is 2.00 bits per heavy atom. The molecule has 1 unspecified atom stereocenters. The smallest absolute Gasteiger partial charge is 0.0250 e. The molecule has 1 atom stereocenters. The van der Waals surface area contributed by atoms with Crippen LogP contribution in [0, 0.1) is 0 Å². The first kappa shape index (κ1) is 8.75. The Balaban J connectivity index is 2.32. The van der Waals surface area contributed by atoms with Crippen molar-refractivity contribution >= 4 is 0 Å².